The molecule has 4 aromatic rings. The van der Waals surface area contributed by atoms with Crippen LogP contribution in [-0.4, -0.2) is 38.6 Å². The maximum atomic E-state index is 15.0. The van der Waals surface area contributed by atoms with Gasteiger partial charge in [-0.05, 0) is 50.1 Å². The first-order valence-electron chi connectivity index (χ1n) is 13.6. The predicted octanol–water partition coefficient (Wildman–Crippen LogP) is 6.36. The molecular formula is C31H29ClF4N4O4. The van der Waals surface area contributed by atoms with Crippen LogP contribution in [0.3, 0.4) is 0 Å². The fourth-order valence-electron chi connectivity index (χ4n) is 4.83. The molecule has 2 atom stereocenters. The molecule has 0 spiro atoms. The van der Waals surface area contributed by atoms with Gasteiger partial charge in [-0.1, -0.05) is 36.7 Å². The van der Waals surface area contributed by atoms with Crippen LogP contribution >= 0.6 is 11.6 Å². The number of alkyl halides is 3. The van der Waals surface area contributed by atoms with Crippen molar-refractivity contribution in [2.45, 2.75) is 51.9 Å². The SMILES string of the molecule is CC[C@H](C)Nc1cc(F)c(C(=O)N[C@@H](Cc2ccc(-c3c(C(F)(F)F)cc(C)n(C)c3=O)c3ncccc23)C(=O)O)c(Cl)c1. The summed E-state index contributed by atoms with van der Waals surface area (Å²) in [5.41, 5.74) is -2.43. The molecule has 2 aromatic carbocycles. The third kappa shape index (κ3) is 6.54. The van der Waals surface area contributed by atoms with Gasteiger partial charge >= 0.3 is 12.1 Å². The summed E-state index contributed by atoms with van der Waals surface area (Å²) >= 11 is 6.21. The number of carbonyl (C=O) groups is 2. The molecule has 44 heavy (non-hydrogen) atoms. The summed E-state index contributed by atoms with van der Waals surface area (Å²) in [6.07, 6.45) is -3.10. The van der Waals surface area contributed by atoms with Gasteiger partial charge in [0.25, 0.3) is 11.5 Å². The average Bonchev–Trinajstić information content (AvgIpc) is 2.94. The molecule has 13 heteroatoms. The highest BCUT2D eigenvalue weighted by molar-refractivity contribution is 6.34. The summed E-state index contributed by atoms with van der Waals surface area (Å²) < 4.78 is 58.3. The Morgan fingerprint density at radius 2 is 1.86 bits per heavy atom. The smallest absolute Gasteiger partial charge is 0.417 e. The number of rotatable bonds is 9. The number of carbonyl (C=O) groups excluding carboxylic acids is 1. The molecule has 0 saturated carbocycles. The van der Waals surface area contributed by atoms with Crippen LogP contribution in [-0.2, 0) is 24.4 Å². The Morgan fingerprint density at radius 3 is 2.48 bits per heavy atom. The molecule has 3 N–H and O–H groups in total. The maximum absolute atomic E-state index is 15.0. The van der Waals surface area contributed by atoms with Gasteiger partial charge < -0.3 is 20.3 Å². The van der Waals surface area contributed by atoms with Gasteiger partial charge in [0.1, 0.15) is 11.9 Å². The van der Waals surface area contributed by atoms with E-state index in [0.717, 1.165) is 23.1 Å². The first-order valence-corrected chi connectivity index (χ1v) is 14.0. The molecule has 0 aliphatic rings. The number of hydrogen-bond donors (Lipinski definition) is 3. The lowest BCUT2D eigenvalue weighted by atomic mass is 9.93. The van der Waals surface area contributed by atoms with Crippen molar-refractivity contribution in [3.05, 3.63) is 92.2 Å². The van der Waals surface area contributed by atoms with Crippen molar-refractivity contribution in [3.63, 3.8) is 0 Å². The lowest BCUT2D eigenvalue weighted by Crippen LogP contribution is -2.42. The zero-order valence-electron chi connectivity index (χ0n) is 24.1. The number of amides is 1. The molecule has 0 bridgehead atoms. The number of carboxylic acid groups (broad SMARTS) is 1. The molecule has 2 heterocycles. The molecule has 0 fully saturated rings. The average molecular weight is 633 g/mol. The van der Waals surface area contributed by atoms with Crippen LogP contribution in [0.2, 0.25) is 5.02 Å². The number of anilines is 1. The Kier molecular flexibility index (Phi) is 9.33. The van der Waals surface area contributed by atoms with Crippen LogP contribution < -0.4 is 16.2 Å². The largest absolute Gasteiger partial charge is 0.480 e. The number of halogens is 5. The van der Waals surface area contributed by atoms with Crippen LogP contribution in [0, 0.1) is 12.7 Å². The van der Waals surface area contributed by atoms with Gasteiger partial charge in [0.2, 0.25) is 0 Å². The fraction of sp³-hybridized carbons (Fsp3) is 0.290. The molecule has 0 aliphatic heterocycles. The molecule has 0 unspecified atom stereocenters. The maximum Gasteiger partial charge on any atom is 0.417 e. The van der Waals surface area contributed by atoms with Gasteiger partial charge in [0, 0.05) is 48.0 Å². The molecule has 1 amide bonds. The zero-order valence-corrected chi connectivity index (χ0v) is 24.9. The van der Waals surface area contributed by atoms with Crippen molar-refractivity contribution in [3.8, 4) is 11.1 Å². The molecule has 0 saturated heterocycles. The van der Waals surface area contributed by atoms with Crippen molar-refractivity contribution < 1.29 is 32.3 Å². The number of hydrogen-bond acceptors (Lipinski definition) is 5. The minimum absolute atomic E-state index is 0.00583. The predicted molar refractivity (Wildman–Crippen MR) is 160 cm³/mol. The molecule has 232 valence electrons. The molecule has 8 nitrogen and oxygen atoms in total. The number of carboxylic acids is 1. The summed E-state index contributed by atoms with van der Waals surface area (Å²) in [7, 11) is 1.36. The summed E-state index contributed by atoms with van der Waals surface area (Å²) in [5.74, 6) is -3.46. The Bertz CT molecular complexity index is 1800. The van der Waals surface area contributed by atoms with E-state index in [1.165, 1.54) is 50.5 Å². The van der Waals surface area contributed by atoms with Gasteiger partial charge in [-0.15, -0.1) is 0 Å². The van der Waals surface area contributed by atoms with E-state index in [4.69, 9.17) is 11.6 Å². The number of nitrogens with zero attached hydrogens (tertiary/aromatic N) is 2. The number of aryl methyl sites for hydroxylation is 1. The first-order chi connectivity index (χ1) is 20.6. The van der Waals surface area contributed by atoms with E-state index in [1.807, 2.05) is 13.8 Å². The number of nitrogens with one attached hydrogen (secondary N) is 2. The van der Waals surface area contributed by atoms with Gasteiger partial charge in [0.15, 0.2) is 0 Å². The number of benzene rings is 2. The lowest BCUT2D eigenvalue weighted by molar-refractivity contribution is -0.139. The minimum atomic E-state index is -4.84. The summed E-state index contributed by atoms with van der Waals surface area (Å²) in [6.45, 7) is 5.20. The summed E-state index contributed by atoms with van der Waals surface area (Å²) in [4.78, 5) is 42.6. The van der Waals surface area contributed by atoms with Crippen LogP contribution in [0.15, 0.2) is 53.5 Å². The van der Waals surface area contributed by atoms with Crippen molar-refractivity contribution in [2.75, 3.05) is 5.32 Å². The quantitative estimate of drug-likeness (QED) is 0.185. The highest BCUT2D eigenvalue weighted by Gasteiger charge is 2.37. The van der Waals surface area contributed by atoms with Crippen LogP contribution in [0.4, 0.5) is 23.2 Å². The number of aliphatic carboxylic acids is 1. The lowest BCUT2D eigenvalue weighted by Gasteiger charge is -2.19. The minimum Gasteiger partial charge on any atom is -0.480 e. The second-order valence-corrected chi connectivity index (χ2v) is 10.9. The second kappa shape index (κ2) is 12.7. The van der Waals surface area contributed by atoms with Crippen LogP contribution in [0.5, 0.6) is 0 Å². The third-order valence-corrected chi connectivity index (χ3v) is 7.72. The number of fused-ring (bicyclic) bond motifs is 1. The standard InChI is InChI=1S/C31H29ClF4N4O4/c1-5-15(2)38-18-13-22(32)26(23(33)14-18)28(41)39-24(30(43)44)12-17-8-9-20(27-19(17)7-6-10-37-27)25-21(31(34,35)36)11-16(3)40(4)29(25)42/h6-11,13-15,24,38H,5,12H2,1-4H3,(H,39,41)(H,43,44)/t15-,24-/m0/s1. The Morgan fingerprint density at radius 1 is 1.16 bits per heavy atom. The van der Waals surface area contributed by atoms with Gasteiger partial charge in [0.05, 0.1) is 27.2 Å². The third-order valence-electron chi connectivity index (χ3n) is 7.43. The Labute approximate surface area is 254 Å². The van der Waals surface area contributed by atoms with Gasteiger partial charge in [-0.2, -0.15) is 13.2 Å². The monoisotopic (exact) mass is 632 g/mol. The molecule has 0 radical (unpaired) electrons. The Balaban J connectivity index is 1.73. The zero-order chi connectivity index (χ0) is 32.5. The number of aromatic nitrogens is 2. The normalized spacial score (nSPS) is 13.0. The van der Waals surface area contributed by atoms with E-state index in [2.05, 4.69) is 15.6 Å². The van der Waals surface area contributed by atoms with E-state index < -0.39 is 52.2 Å². The number of pyridine rings is 2. The highest BCUT2D eigenvalue weighted by atomic mass is 35.5. The van der Waals surface area contributed by atoms with Crippen molar-refractivity contribution in [2.24, 2.45) is 7.05 Å². The van der Waals surface area contributed by atoms with E-state index in [-0.39, 0.29) is 39.6 Å². The van der Waals surface area contributed by atoms with Gasteiger partial charge in [-0.25, -0.2) is 9.18 Å². The fourth-order valence-corrected chi connectivity index (χ4v) is 5.12. The Hall–Kier alpha value is -4.45. The molecule has 4 rings (SSSR count). The molecule has 2 aromatic heterocycles. The van der Waals surface area contributed by atoms with E-state index in [1.54, 1.807) is 0 Å². The summed E-state index contributed by atoms with van der Waals surface area (Å²) in [5, 5.41) is 15.3. The van der Waals surface area contributed by atoms with E-state index in [0.29, 0.717) is 11.3 Å². The molecular weight excluding hydrogens is 604 g/mol. The summed E-state index contributed by atoms with van der Waals surface area (Å²) in [6, 6.07) is 7.44. The van der Waals surface area contributed by atoms with Crippen molar-refractivity contribution in [1.29, 1.82) is 0 Å². The van der Waals surface area contributed by atoms with Crippen LogP contribution in [0.25, 0.3) is 22.0 Å². The first kappa shape index (κ1) is 32.5. The van der Waals surface area contributed by atoms with Gasteiger partial charge in [-0.3, -0.25) is 14.6 Å². The van der Waals surface area contributed by atoms with E-state index in [9.17, 15) is 37.1 Å². The van der Waals surface area contributed by atoms with Crippen molar-refractivity contribution in [1.82, 2.24) is 14.9 Å². The topological polar surface area (TPSA) is 113 Å². The highest BCUT2D eigenvalue weighted by Crippen LogP contribution is 2.38. The van der Waals surface area contributed by atoms with E-state index >= 15 is 0 Å². The molecule has 0 aliphatic carbocycles. The van der Waals surface area contributed by atoms with Crippen molar-refractivity contribution >= 4 is 40.1 Å². The van der Waals surface area contributed by atoms with Crippen LogP contribution in [0.1, 0.15) is 47.4 Å². The second-order valence-electron chi connectivity index (χ2n) is 10.4.